The van der Waals surface area contributed by atoms with E-state index in [1.165, 1.54) is 24.8 Å². The maximum Gasteiger partial charge on any atom is 0.160 e. The fourth-order valence-corrected chi connectivity index (χ4v) is 4.02. The van der Waals surface area contributed by atoms with Crippen molar-refractivity contribution in [3.8, 4) is 11.5 Å². The summed E-state index contributed by atoms with van der Waals surface area (Å²) < 4.78 is 10.7. The lowest BCUT2D eigenvalue weighted by Gasteiger charge is -2.26. The lowest BCUT2D eigenvalue weighted by Crippen LogP contribution is -2.37. The van der Waals surface area contributed by atoms with Gasteiger partial charge in [0.2, 0.25) is 0 Å². The molecule has 3 rings (SSSR count). The molecule has 3 atom stereocenters. The second-order valence-electron chi connectivity index (χ2n) is 6.54. The minimum atomic E-state index is 0.598. The van der Waals surface area contributed by atoms with Crippen LogP contribution in [0.3, 0.4) is 0 Å². The summed E-state index contributed by atoms with van der Waals surface area (Å²) in [4.78, 5) is 0. The first-order chi connectivity index (χ1) is 10.2. The van der Waals surface area contributed by atoms with Gasteiger partial charge in [0.1, 0.15) is 0 Å². The van der Waals surface area contributed by atoms with E-state index in [0.29, 0.717) is 6.04 Å². The summed E-state index contributed by atoms with van der Waals surface area (Å²) in [7, 11) is 3.39. The molecule has 21 heavy (non-hydrogen) atoms. The monoisotopic (exact) mass is 289 g/mol. The van der Waals surface area contributed by atoms with Crippen LogP contribution in [0.15, 0.2) is 18.2 Å². The Morgan fingerprint density at radius 3 is 2.43 bits per heavy atom. The van der Waals surface area contributed by atoms with Crippen molar-refractivity contribution >= 4 is 0 Å². The van der Waals surface area contributed by atoms with Crippen molar-refractivity contribution in [2.45, 2.75) is 38.6 Å². The van der Waals surface area contributed by atoms with E-state index >= 15 is 0 Å². The van der Waals surface area contributed by atoms with Crippen LogP contribution in [0, 0.1) is 17.8 Å². The highest BCUT2D eigenvalue weighted by atomic mass is 16.5. The largest absolute Gasteiger partial charge is 0.493 e. The molecule has 2 saturated carbocycles. The van der Waals surface area contributed by atoms with Gasteiger partial charge in [-0.3, -0.25) is 0 Å². The molecular formula is C18H27NO2. The van der Waals surface area contributed by atoms with Gasteiger partial charge >= 0.3 is 0 Å². The van der Waals surface area contributed by atoms with Crippen LogP contribution in [-0.2, 0) is 6.42 Å². The van der Waals surface area contributed by atoms with Gasteiger partial charge in [0, 0.05) is 6.04 Å². The molecule has 0 amide bonds. The quantitative estimate of drug-likeness (QED) is 0.835. The highest BCUT2D eigenvalue weighted by Gasteiger charge is 2.47. The molecule has 3 heteroatoms. The van der Waals surface area contributed by atoms with Gasteiger partial charge in [-0.2, -0.15) is 0 Å². The molecule has 2 aliphatic carbocycles. The molecule has 3 nitrogen and oxygen atoms in total. The third kappa shape index (κ3) is 3.18. The Bertz CT molecular complexity index is 478. The number of fused-ring (bicyclic) bond motifs is 1. The van der Waals surface area contributed by atoms with Crippen LogP contribution in [0.25, 0.3) is 0 Å². The van der Waals surface area contributed by atoms with E-state index in [0.717, 1.165) is 42.2 Å². The fourth-order valence-electron chi connectivity index (χ4n) is 4.02. The first kappa shape index (κ1) is 14.7. The van der Waals surface area contributed by atoms with Gasteiger partial charge < -0.3 is 14.8 Å². The third-order valence-corrected chi connectivity index (χ3v) is 5.22. The molecule has 2 aliphatic rings. The molecule has 116 valence electrons. The van der Waals surface area contributed by atoms with Crippen molar-refractivity contribution in [2.75, 3.05) is 20.8 Å². The topological polar surface area (TPSA) is 30.5 Å². The zero-order valence-electron chi connectivity index (χ0n) is 13.4. The van der Waals surface area contributed by atoms with Crippen molar-refractivity contribution in [2.24, 2.45) is 17.8 Å². The summed E-state index contributed by atoms with van der Waals surface area (Å²) in [6.45, 7) is 3.25. The maximum atomic E-state index is 5.42. The van der Waals surface area contributed by atoms with E-state index in [-0.39, 0.29) is 0 Å². The molecule has 0 aromatic heterocycles. The van der Waals surface area contributed by atoms with Crippen LogP contribution in [0.4, 0.5) is 0 Å². The van der Waals surface area contributed by atoms with Crippen molar-refractivity contribution in [1.29, 1.82) is 0 Å². The Morgan fingerprint density at radius 2 is 1.81 bits per heavy atom. The van der Waals surface area contributed by atoms with E-state index in [1.807, 2.05) is 6.07 Å². The van der Waals surface area contributed by atoms with E-state index in [9.17, 15) is 0 Å². The summed E-state index contributed by atoms with van der Waals surface area (Å²) >= 11 is 0. The second-order valence-corrected chi connectivity index (χ2v) is 6.54. The summed E-state index contributed by atoms with van der Waals surface area (Å²) in [6, 6.07) is 6.91. The average Bonchev–Trinajstić information content (AvgIpc) is 3.12. The SMILES string of the molecule is CCNC(Cc1ccc(OC)c(OC)c1)C1CC2CC2C1. The number of rotatable bonds is 7. The normalized spacial score (nSPS) is 28.0. The average molecular weight is 289 g/mol. The molecule has 0 saturated heterocycles. The van der Waals surface area contributed by atoms with Gasteiger partial charge in [0.25, 0.3) is 0 Å². The van der Waals surface area contributed by atoms with Crippen LogP contribution in [0.5, 0.6) is 11.5 Å². The van der Waals surface area contributed by atoms with Gasteiger partial charge in [0.15, 0.2) is 11.5 Å². The number of likely N-dealkylation sites (N-methyl/N-ethyl adjacent to an activating group) is 1. The summed E-state index contributed by atoms with van der Waals surface area (Å²) in [5.41, 5.74) is 1.33. The zero-order valence-corrected chi connectivity index (χ0v) is 13.4. The third-order valence-electron chi connectivity index (χ3n) is 5.22. The molecule has 0 radical (unpaired) electrons. The number of nitrogens with one attached hydrogen (secondary N) is 1. The maximum absolute atomic E-state index is 5.42. The van der Waals surface area contributed by atoms with Crippen LogP contribution < -0.4 is 14.8 Å². The van der Waals surface area contributed by atoms with Crippen molar-refractivity contribution < 1.29 is 9.47 Å². The minimum Gasteiger partial charge on any atom is -0.493 e. The molecule has 1 aromatic rings. The van der Waals surface area contributed by atoms with E-state index in [4.69, 9.17) is 9.47 Å². The Kier molecular flexibility index (Phi) is 4.39. The van der Waals surface area contributed by atoms with Gasteiger partial charge in [0.05, 0.1) is 14.2 Å². The second kappa shape index (κ2) is 6.27. The van der Waals surface area contributed by atoms with Crippen LogP contribution in [-0.4, -0.2) is 26.8 Å². The summed E-state index contributed by atoms with van der Waals surface area (Å²) in [6.07, 6.45) is 5.43. The highest BCUT2D eigenvalue weighted by Crippen LogP contribution is 2.55. The number of hydrogen-bond donors (Lipinski definition) is 1. The van der Waals surface area contributed by atoms with Gasteiger partial charge in [-0.25, -0.2) is 0 Å². The molecule has 0 heterocycles. The van der Waals surface area contributed by atoms with Crippen LogP contribution in [0.2, 0.25) is 0 Å². The first-order valence-electron chi connectivity index (χ1n) is 8.19. The Morgan fingerprint density at radius 1 is 1.10 bits per heavy atom. The number of ether oxygens (including phenoxy) is 2. The van der Waals surface area contributed by atoms with Gasteiger partial charge in [-0.1, -0.05) is 13.0 Å². The summed E-state index contributed by atoms with van der Waals surface area (Å²) in [5, 5.41) is 3.71. The van der Waals surface area contributed by atoms with E-state index in [1.54, 1.807) is 14.2 Å². The van der Waals surface area contributed by atoms with Crippen LogP contribution >= 0.6 is 0 Å². The fraction of sp³-hybridized carbons (Fsp3) is 0.667. The minimum absolute atomic E-state index is 0.598. The van der Waals surface area contributed by atoms with E-state index in [2.05, 4.69) is 24.4 Å². The Balaban J connectivity index is 1.69. The predicted octanol–water partition coefficient (Wildman–Crippen LogP) is 3.27. The first-order valence-corrected chi connectivity index (χ1v) is 8.19. The molecule has 0 aliphatic heterocycles. The van der Waals surface area contributed by atoms with Crippen molar-refractivity contribution in [1.82, 2.24) is 5.32 Å². The Hall–Kier alpha value is -1.22. The number of benzene rings is 1. The summed E-state index contributed by atoms with van der Waals surface area (Å²) in [5.74, 6) is 4.58. The molecule has 1 aromatic carbocycles. The van der Waals surface area contributed by atoms with Gasteiger partial charge in [-0.05, 0) is 67.7 Å². The number of methoxy groups -OCH3 is 2. The molecule has 0 bridgehead atoms. The smallest absolute Gasteiger partial charge is 0.160 e. The lowest BCUT2D eigenvalue weighted by molar-refractivity contribution is 0.334. The molecular weight excluding hydrogens is 262 g/mol. The van der Waals surface area contributed by atoms with E-state index < -0.39 is 0 Å². The predicted molar refractivity (Wildman–Crippen MR) is 85.0 cm³/mol. The Labute approximate surface area is 128 Å². The molecule has 3 unspecified atom stereocenters. The van der Waals surface area contributed by atoms with Gasteiger partial charge in [-0.15, -0.1) is 0 Å². The standard InChI is InChI=1S/C18H27NO2/c1-4-19-16(15-10-13-9-14(13)11-15)7-12-5-6-17(20-2)18(8-12)21-3/h5-6,8,13-16,19H,4,7,9-11H2,1-3H3. The molecule has 0 spiro atoms. The van der Waals surface area contributed by atoms with Crippen molar-refractivity contribution in [3.05, 3.63) is 23.8 Å². The number of hydrogen-bond acceptors (Lipinski definition) is 3. The lowest BCUT2D eigenvalue weighted by atomic mass is 9.89. The molecule has 2 fully saturated rings. The molecule has 1 N–H and O–H groups in total. The highest BCUT2D eigenvalue weighted by molar-refractivity contribution is 5.43. The van der Waals surface area contributed by atoms with Crippen molar-refractivity contribution in [3.63, 3.8) is 0 Å². The zero-order chi connectivity index (χ0) is 14.8. The van der Waals surface area contributed by atoms with Crippen LogP contribution in [0.1, 0.15) is 31.7 Å².